The molecule has 1 saturated carbocycles. The number of nitrogens with one attached hydrogen (secondary N) is 1. The average Bonchev–Trinajstić information content (AvgIpc) is 3.27. The second-order valence-electron chi connectivity index (χ2n) is 6.23. The lowest BCUT2D eigenvalue weighted by atomic mass is 9.97. The van der Waals surface area contributed by atoms with Crippen molar-refractivity contribution in [3.05, 3.63) is 71.8 Å². The summed E-state index contributed by atoms with van der Waals surface area (Å²) in [5.74, 6) is 0.0509. The normalized spacial score (nSPS) is 16.4. The molecule has 0 saturated heterocycles. The molecule has 2 aromatic rings. The fourth-order valence-electron chi connectivity index (χ4n) is 2.73. The van der Waals surface area contributed by atoms with Crippen LogP contribution in [0.5, 0.6) is 0 Å². The maximum Gasteiger partial charge on any atom is 0.215 e. The molecule has 0 radical (unpaired) electrons. The Morgan fingerprint density at radius 1 is 0.864 bits per heavy atom. The van der Waals surface area contributed by atoms with E-state index >= 15 is 0 Å². The summed E-state index contributed by atoms with van der Waals surface area (Å²) in [6.45, 7) is 0.539. The highest BCUT2D eigenvalue weighted by atomic mass is 32.2. The lowest BCUT2D eigenvalue weighted by Gasteiger charge is -2.16. The van der Waals surface area contributed by atoms with Gasteiger partial charge in [-0.25, -0.2) is 13.1 Å². The second kappa shape index (κ2) is 6.23. The number of benzene rings is 2. The molecule has 0 unspecified atom stereocenters. The molecule has 116 valence electrons. The molecule has 3 nitrogen and oxygen atoms in total. The molecular formula is C18H21NO2S. The van der Waals surface area contributed by atoms with Crippen molar-refractivity contribution in [2.24, 2.45) is 5.41 Å². The van der Waals surface area contributed by atoms with Crippen molar-refractivity contribution >= 4 is 10.0 Å². The molecule has 0 amide bonds. The third-order valence-electron chi connectivity index (χ3n) is 4.25. The van der Waals surface area contributed by atoms with Crippen molar-refractivity contribution in [1.82, 2.24) is 4.72 Å². The molecule has 0 heterocycles. The molecule has 1 aliphatic rings. The monoisotopic (exact) mass is 315 g/mol. The first kappa shape index (κ1) is 15.3. The highest BCUT2D eigenvalue weighted by Gasteiger charge is 2.42. The Morgan fingerprint density at radius 3 is 1.95 bits per heavy atom. The van der Waals surface area contributed by atoms with E-state index in [-0.39, 0.29) is 11.2 Å². The maximum absolute atomic E-state index is 12.2. The van der Waals surface area contributed by atoms with E-state index in [0.717, 1.165) is 24.8 Å². The molecular weight excluding hydrogens is 294 g/mol. The maximum atomic E-state index is 12.2. The van der Waals surface area contributed by atoms with Crippen molar-refractivity contribution < 1.29 is 8.42 Å². The molecule has 0 aliphatic heterocycles. The zero-order chi connectivity index (χ0) is 15.5. The zero-order valence-electron chi connectivity index (χ0n) is 12.5. The standard InChI is InChI=1S/C18H21NO2S/c20-22(21,14-17-9-5-2-6-10-17)19-15-18(11-12-18)13-16-7-3-1-4-8-16/h1-10,19H,11-15H2. The number of rotatable bonds is 7. The quantitative estimate of drug-likeness (QED) is 0.853. The summed E-state index contributed by atoms with van der Waals surface area (Å²) in [6, 6.07) is 19.6. The molecule has 0 atom stereocenters. The van der Waals surface area contributed by atoms with E-state index in [0.29, 0.717) is 6.54 Å². The van der Waals surface area contributed by atoms with Crippen molar-refractivity contribution in [2.45, 2.75) is 25.0 Å². The summed E-state index contributed by atoms with van der Waals surface area (Å²) in [7, 11) is -3.27. The van der Waals surface area contributed by atoms with Gasteiger partial charge in [0.05, 0.1) is 5.75 Å². The van der Waals surface area contributed by atoms with Crippen LogP contribution in [-0.4, -0.2) is 15.0 Å². The fourth-order valence-corrected chi connectivity index (χ4v) is 3.99. The lowest BCUT2D eigenvalue weighted by Crippen LogP contribution is -2.32. The van der Waals surface area contributed by atoms with Gasteiger partial charge in [-0.1, -0.05) is 60.7 Å². The molecule has 0 bridgehead atoms. The first-order chi connectivity index (χ1) is 10.6. The van der Waals surface area contributed by atoms with Gasteiger partial charge < -0.3 is 0 Å². The number of hydrogen-bond acceptors (Lipinski definition) is 2. The largest absolute Gasteiger partial charge is 0.215 e. The Balaban J connectivity index is 1.57. The van der Waals surface area contributed by atoms with Gasteiger partial charge in [0.1, 0.15) is 0 Å². The Bertz CT molecular complexity index is 707. The van der Waals surface area contributed by atoms with Crippen LogP contribution in [0.1, 0.15) is 24.0 Å². The average molecular weight is 315 g/mol. The smallest absolute Gasteiger partial charge is 0.214 e. The highest BCUT2D eigenvalue weighted by molar-refractivity contribution is 7.88. The summed E-state index contributed by atoms with van der Waals surface area (Å²) in [4.78, 5) is 0. The van der Waals surface area contributed by atoms with Gasteiger partial charge in [0, 0.05) is 6.54 Å². The summed E-state index contributed by atoms with van der Waals surface area (Å²) in [5, 5.41) is 0. The van der Waals surface area contributed by atoms with Crippen LogP contribution in [0.15, 0.2) is 60.7 Å². The third kappa shape index (κ3) is 4.18. The van der Waals surface area contributed by atoms with Crippen LogP contribution in [0.4, 0.5) is 0 Å². The van der Waals surface area contributed by atoms with E-state index < -0.39 is 10.0 Å². The van der Waals surface area contributed by atoms with E-state index in [1.807, 2.05) is 48.5 Å². The first-order valence-corrected chi connectivity index (χ1v) is 9.27. The predicted octanol–water partition coefficient (Wildman–Crippen LogP) is 3.13. The van der Waals surface area contributed by atoms with E-state index in [1.165, 1.54) is 5.56 Å². The molecule has 1 aliphatic carbocycles. The van der Waals surface area contributed by atoms with Crippen molar-refractivity contribution in [3.63, 3.8) is 0 Å². The minimum Gasteiger partial charge on any atom is -0.214 e. The minimum atomic E-state index is -3.27. The van der Waals surface area contributed by atoms with Gasteiger partial charge in [0.2, 0.25) is 10.0 Å². The van der Waals surface area contributed by atoms with E-state index in [9.17, 15) is 8.42 Å². The van der Waals surface area contributed by atoms with Gasteiger partial charge in [0.25, 0.3) is 0 Å². The first-order valence-electron chi connectivity index (χ1n) is 7.62. The van der Waals surface area contributed by atoms with Gasteiger partial charge >= 0.3 is 0 Å². The van der Waals surface area contributed by atoms with Gasteiger partial charge in [-0.2, -0.15) is 0 Å². The van der Waals surface area contributed by atoms with Crippen LogP contribution < -0.4 is 4.72 Å². The van der Waals surface area contributed by atoms with Crippen LogP contribution in [0.25, 0.3) is 0 Å². The van der Waals surface area contributed by atoms with E-state index in [2.05, 4.69) is 16.9 Å². The Hall–Kier alpha value is -1.65. The van der Waals surface area contributed by atoms with Crippen molar-refractivity contribution in [1.29, 1.82) is 0 Å². The summed E-state index contributed by atoms with van der Waals surface area (Å²) >= 11 is 0. The van der Waals surface area contributed by atoms with Crippen molar-refractivity contribution in [2.75, 3.05) is 6.54 Å². The fraction of sp³-hybridized carbons (Fsp3) is 0.333. The van der Waals surface area contributed by atoms with Gasteiger partial charge in [-0.05, 0) is 35.8 Å². The van der Waals surface area contributed by atoms with Gasteiger partial charge in [-0.3, -0.25) is 0 Å². The van der Waals surface area contributed by atoms with Crippen LogP contribution in [0.3, 0.4) is 0 Å². The summed E-state index contributed by atoms with van der Waals surface area (Å²) in [6.07, 6.45) is 3.13. The molecule has 0 spiro atoms. The summed E-state index contributed by atoms with van der Waals surface area (Å²) < 4.78 is 27.2. The SMILES string of the molecule is O=S(=O)(Cc1ccccc1)NCC1(Cc2ccccc2)CC1. The topological polar surface area (TPSA) is 46.2 Å². The van der Waals surface area contributed by atoms with E-state index in [1.54, 1.807) is 0 Å². The highest BCUT2D eigenvalue weighted by Crippen LogP contribution is 2.47. The molecule has 0 aromatic heterocycles. The minimum absolute atomic E-state index is 0.0509. The molecule has 3 rings (SSSR count). The molecule has 4 heteroatoms. The van der Waals surface area contributed by atoms with E-state index in [4.69, 9.17) is 0 Å². The second-order valence-corrected chi connectivity index (χ2v) is 8.04. The Labute approximate surface area is 132 Å². The molecule has 22 heavy (non-hydrogen) atoms. The third-order valence-corrected chi connectivity index (χ3v) is 5.54. The Morgan fingerprint density at radius 2 is 1.41 bits per heavy atom. The molecule has 1 N–H and O–H groups in total. The Kier molecular flexibility index (Phi) is 4.32. The van der Waals surface area contributed by atoms with Gasteiger partial charge in [-0.15, -0.1) is 0 Å². The van der Waals surface area contributed by atoms with Crippen molar-refractivity contribution in [3.8, 4) is 0 Å². The van der Waals surface area contributed by atoms with Gasteiger partial charge in [0.15, 0.2) is 0 Å². The van der Waals surface area contributed by atoms with Crippen LogP contribution in [-0.2, 0) is 22.2 Å². The predicted molar refractivity (Wildman–Crippen MR) is 88.9 cm³/mol. The number of hydrogen-bond donors (Lipinski definition) is 1. The number of sulfonamides is 1. The molecule has 1 fully saturated rings. The molecule has 2 aromatic carbocycles. The lowest BCUT2D eigenvalue weighted by molar-refractivity contribution is 0.487. The zero-order valence-corrected chi connectivity index (χ0v) is 13.4. The van der Waals surface area contributed by atoms with Crippen LogP contribution in [0.2, 0.25) is 0 Å². The van der Waals surface area contributed by atoms with Crippen LogP contribution >= 0.6 is 0 Å². The van der Waals surface area contributed by atoms with Crippen LogP contribution in [0, 0.1) is 5.41 Å². The summed E-state index contributed by atoms with van der Waals surface area (Å²) in [5.41, 5.74) is 2.22.